The summed E-state index contributed by atoms with van der Waals surface area (Å²) in [4.78, 5) is 10.8. The minimum Gasteiger partial charge on any atom is -0.481 e. The Hall–Kier alpha value is -1.98. The Morgan fingerprint density at radius 1 is 1.35 bits per heavy atom. The van der Waals surface area contributed by atoms with Crippen LogP contribution in [-0.4, -0.2) is 41.1 Å². The summed E-state index contributed by atoms with van der Waals surface area (Å²) in [6.07, 6.45) is 4.49. The molecular formula is C18H24N4O. The maximum atomic E-state index is 5.28. The third-order valence-corrected chi connectivity index (χ3v) is 4.57. The highest BCUT2D eigenvalue weighted by atomic mass is 16.5. The first-order valence-electron chi connectivity index (χ1n) is 8.13. The van der Waals surface area contributed by atoms with Crippen LogP contribution in [0.1, 0.15) is 30.5 Å². The van der Waals surface area contributed by atoms with Crippen LogP contribution in [0.15, 0.2) is 42.9 Å². The molecule has 2 heterocycles. The molecule has 0 amide bonds. The maximum absolute atomic E-state index is 5.28. The van der Waals surface area contributed by atoms with E-state index in [-0.39, 0.29) is 0 Å². The van der Waals surface area contributed by atoms with E-state index in [4.69, 9.17) is 4.74 Å². The lowest BCUT2D eigenvalue weighted by atomic mass is 10.1. The van der Waals surface area contributed by atoms with Crippen molar-refractivity contribution in [2.75, 3.05) is 20.2 Å². The summed E-state index contributed by atoms with van der Waals surface area (Å²) in [6, 6.07) is 11.6. The van der Waals surface area contributed by atoms with E-state index < -0.39 is 0 Å². The fourth-order valence-electron chi connectivity index (χ4n) is 3.15. The van der Waals surface area contributed by atoms with Crippen molar-refractivity contribution in [2.45, 2.75) is 32.0 Å². The van der Waals surface area contributed by atoms with Gasteiger partial charge in [-0.3, -0.25) is 4.90 Å². The van der Waals surface area contributed by atoms with E-state index in [1.165, 1.54) is 11.9 Å². The first kappa shape index (κ1) is 15.9. The number of methoxy groups -OCH3 is 1. The van der Waals surface area contributed by atoms with Crippen molar-refractivity contribution in [1.82, 2.24) is 20.2 Å². The second-order valence-electron chi connectivity index (χ2n) is 6.01. The Kier molecular flexibility index (Phi) is 5.20. The van der Waals surface area contributed by atoms with Crippen LogP contribution in [0.5, 0.6) is 5.88 Å². The topological polar surface area (TPSA) is 50.3 Å². The van der Waals surface area contributed by atoms with Gasteiger partial charge < -0.3 is 10.1 Å². The molecule has 2 aromatic rings. The van der Waals surface area contributed by atoms with E-state index in [2.05, 4.69) is 57.4 Å². The van der Waals surface area contributed by atoms with E-state index in [9.17, 15) is 0 Å². The number of hydrogen-bond donors (Lipinski definition) is 1. The number of benzene rings is 1. The smallest absolute Gasteiger partial charge is 0.220 e. The van der Waals surface area contributed by atoms with E-state index in [1.807, 2.05) is 6.20 Å². The molecule has 1 N–H and O–H groups in total. The van der Waals surface area contributed by atoms with Crippen molar-refractivity contribution in [3.63, 3.8) is 0 Å². The summed E-state index contributed by atoms with van der Waals surface area (Å²) < 4.78 is 5.28. The van der Waals surface area contributed by atoms with Crippen molar-refractivity contribution in [1.29, 1.82) is 0 Å². The summed E-state index contributed by atoms with van der Waals surface area (Å²) in [5.74, 6) is 0.653. The summed E-state index contributed by atoms with van der Waals surface area (Å²) >= 11 is 0. The second-order valence-corrected chi connectivity index (χ2v) is 6.01. The number of hydrogen-bond acceptors (Lipinski definition) is 5. The van der Waals surface area contributed by atoms with Gasteiger partial charge in [0.15, 0.2) is 0 Å². The predicted molar refractivity (Wildman–Crippen MR) is 90.3 cm³/mol. The number of nitrogens with one attached hydrogen (secondary N) is 1. The average molecular weight is 312 g/mol. The average Bonchev–Trinajstić information content (AvgIpc) is 3.09. The van der Waals surface area contributed by atoms with E-state index in [1.54, 1.807) is 7.11 Å². The van der Waals surface area contributed by atoms with Crippen LogP contribution in [0, 0.1) is 0 Å². The maximum Gasteiger partial charge on any atom is 0.220 e. The quantitative estimate of drug-likeness (QED) is 0.888. The Balaban J connectivity index is 1.54. The predicted octanol–water partition coefficient (Wildman–Crippen LogP) is 2.41. The summed E-state index contributed by atoms with van der Waals surface area (Å²) in [5.41, 5.74) is 2.39. The number of rotatable bonds is 6. The Morgan fingerprint density at radius 2 is 2.17 bits per heavy atom. The van der Waals surface area contributed by atoms with Gasteiger partial charge >= 0.3 is 0 Å². The minimum absolute atomic E-state index is 0.456. The molecule has 3 rings (SSSR count). The van der Waals surface area contributed by atoms with Gasteiger partial charge in [0.1, 0.15) is 6.33 Å². The summed E-state index contributed by atoms with van der Waals surface area (Å²) in [7, 11) is 1.64. The van der Waals surface area contributed by atoms with Gasteiger partial charge in [-0.1, -0.05) is 30.3 Å². The molecule has 5 nitrogen and oxygen atoms in total. The molecule has 0 bridgehead atoms. The lowest BCUT2D eigenvalue weighted by Gasteiger charge is -2.25. The fourth-order valence-corrected chi connectivity index (χ4v) is 3.15. The lowest BCUT2D eigenvalue weighted by molar-refractivity contribution is 0.255. The molecule has 0 spiro atoms. The van der Waals surface area contributed by atoms with Gasteiger partial charge in [-0.25, -0.2) is 9.97 Å². The molecule has 0 radical (unpaired) electrons. The van der Waals surface area contributed by atoms with E-state index in [0.29, 0.717) is 18.0 Å². The molecular weight excluding hydrogens is 288 g/mol. The number of nitrogens with zero attached hydrogens (tertiary/aromatic N) is 3. The molecule has 1 aliphatic rings. The molecule has 1 aromatic heterocycles. The van der Waals surface area contributed by atoms with Gasteiger partial charge in [-0.15, -0.1) is 0 Å². The van der Waals surface area contributed by atoms with Gasteiger partial charge in [0.05, 0.1) is 7.11 Å². The van der Waals surface area contributed by atoms with Crippen molar-refractivity contribution in [3.8, 4) is 5.88 Å². The lowest BCUT2D eigenvalue weighted by Crippen LogP contribution is -2.33. The summed E-state index contributed by atoms with van der Waals surface area (Å²) in [5, 5.41) is 3.61. The third kappa shape index (κ3) is 3.86. The zero-order chi connectivity index (χ0) is 16.1. The fraction of sp³-hybridized carbons (Fsp3) is 0.444. The number of likely N-dealkylation sites (tertiary alicyclic amines) is 1. The second kappa shape index (κ2) is 7.53. The van der Waals surface area contributed by atoms with Crippen molar-refractivity contribution in [2.24, 2.45) is 0 Å². The standard InChI is InChI=1S/C18H24N4O/c1-14(15-6-4-3-5-7-15)22-9-8-17(12-22)20-11-16-10-19-13-21-18(16)23-2/h3-7,10,13-14,17,20H,8-9,11-12H2,1-2H3. The molecule has 0 aliphatic carbocycles. The van der Waals surface area contributed by atoms with Crippen LogP contribution >= 0.6 is 0 Å². The summed E-state index contributed by atoms with van der Waals surface area (Å²) in [6.45, 7) is 5.20. The highest BCUT2D eigenvalue weighted by Gasteiger charge is 2.26. The van der Waals surface area contributed by atoms with Crippen LogP contribution in [0.3, 0.4) is 0 Å². The Labute approximate surface area is 137 Å². The third-order valence-electron chi connectivity index (χ3n) is 4.57. The van der Waals surface area contributed by atoms with Crippen molar-refractivity contribution >= 4 is 0 Å². The van der Waals surface area contributed by atoms with Gasteiger partial charge in [0, 0.05) is 43.5 Å². The molecule has 23 heavy (non-hydrogen) atoms. The van der Waals surface area contributed by atoms with Gasteiger partial charge in [-0.2, -0.15) is 0 Å². The van der Waals surface area contributed by atoms with Crippen LogP contribution in [0.2, 0.25) is 0 Å². The highest BCUT2D eigenvalue weighted by molar-refractivity contribution is 5.22. The Morgan fingerprint density at radius 3 is 2.96 bits per heavy atom. The molecule has 5 heteroatoms. The molecule has 1 aromatic carbocycles. The molecule has 1 aliphatic heterocycles. The van der Waals surface area contributed by atoms with Crippen LogP contribution in [-0.2, 0) is 6.54 Å². The number of aromatic nitrogens is 2. The first-order chi connectivity index (χ1) is 11.3. The molecule has 2 unspecified atom stereocenters. The molecule has 0 saturated carbocycles. The minimum atomic E-state index is 0.456. The Bertz CT molecular complexity index is 619. The van der Waals surface area contributed by atoms with Crippen LogP contribution < -0.4 is 10.1 Å². The normalized spacial score (nSPS) is 19.7. The largest absolute Gasteiger partial charge is 0.481 e. The molecule has 1 saturated heterocycles. The van der Waals surface area contributed by atoms with Crippen LogP contribution in [0.25, 0.3) is 0 Å². The highest BCUT2D eigenvalue weighted by Crippen LogP contribution is 2.24. The van der Waals surface area contributed by atoms with Crippen molar-refractivity contribution < 1.29 is 4.74 Å². The molecule has 1 fully saturated rings. The molecule has 2 atom stereocenters. The first-order valence-corrected chi connectivity index (χ1v) is 8.13. The van der Waals surface area contributed by atoms with Gasteiger partial charge in [-0.05, 0) is 18.9 Å². The van der Waals surface area contributed by atoms with E-state index in [0.717, 1.165) is 31.6 Å². The number of ether oxygens (including phenoxy) is 1. The van der Waals surface area contributed by atoms with Crippen molar-refractivity contribution in [3.05, 3.63) is 54.0 Å². The van der Waals surface area contributed by atoms with Gasteiger partial charge in [0.25, 0.3) is 0 Å². The van der Waals surface area contributed by atoms with Gasteiger partial charge in [0.2, 0.25) is 5.88 Å². The SMILES string of the molecule is COc1ncncc1CNC1CCN(C(C)c2ccccc2)C1. The molecule has 122 valence electrons. The van der Waals surface area contributed by atoms with Crippen LogP contribution in [0.4, 0.5) is 0 Å². The zero-order valence-electron chi connectivity index (χ0n) is 13.8. The zero-order valence-corrected chi connectivity index (χ0v) is 13.8. The monoisotopic (exact) mass is 312 g/mol. The van der Waals surface area contributed by atoms with E-state index >= 15 is 0 Å².